The van der Waals surface area contributed by atoms with Crippen LogP contribution in [0.2, 0.25) is 0 Å². The van der Waals surface area contributed by atoms with Gasteiger partial charge in [-0.05, 0) is 50.9 Å². The molecule has 1 heterocycles. The third-order valence-corrected chi connectivity index (χ3v) is 3.53. The van der Waals surface area contributed by atoms with Gasteiger partial charge in [-0.1, -0.05) is 0 Å². The van der Waals surface area contributed by atoms with E-state index in [1.54, 1.807) is 0 Å². The normalized spacial score (nSPS) is 18.0. The van der Waals surface area contributed by atoms with Crippen molar-refractivity contribution in [3.05, 3.63) is 23.7 Å². The molecule has 0 unspecified atom stereocenters. The van der Waals surface area contributed by atoms with Crippen LogP contribution in [0.3, 0.4) is 0 Å². The lowest BCUT2D eigenvalue weighted by Gasteiger charge is -2.21. The smallest absolute Gasteiger partial charge is 0.105 e. The zero-order valence-electron chi connectivity index (χ0n) is 10.3. The van der Waals surface area contributed by atoms with Crippen molar-refractivity contribution in [1.29, 1.82) is 0 Å². The van der Waals surface area contributed by atoms with Crippen LogP contribution in [-0.2, 0) is 6.42 Å². The van der Waals surface area contributed by atoms with Crippen LogP contribution in [0.25, 0.3) is 0 Å². The van der Waals surface area contributed by atoms with E-state index in [0.29, 0.717) is 5.41 Å². The van der Waals surface area contributed by atoms with Crippen molar-refractivity contribution in [3.63, 3.8) is 0 Å². The highest BCUT2D eigenvalue weighted by Gasteiger charge is 2.41. The molecule has 2 rings (SSSR count). The minimum atomic E-state index is 0.438. The van der Waals surface area contributed by atoms with Crippen molar-refractivity contribution in [1.82, 2.24) is 4.90 Å². The number of nitrogens with zero attached hydrogens (tertiary/aromatic N) is 1. The Labute approximate surface area is 97.6 Å². The molecule has 3 heteroatoms. The topological polar surface area (TPSA) is 42.4 Å². The van der Waals surface area contributed by atoms with Crippen LogP contribution in [0.15, 0.2) is 16.5 Å². The van der Waals surface area contributed by atoms with E-state index >= 15 is 0 Å². The fraction of sp³-hybridized carbons (Fsp3) is 0.692. The van der Waals surface area contributed by atoms with E-state index in [1.807, 2.05) is 13.0 Å². The Hall–Kier alpha value is -0.800. The molecule has 0 atom stereocenters. The predicted octanol–water partition coefficient (Wildman–Crippen LogP) is 1.80. The van der Waals surface area contributed by atoms with Gasteiger partial charge >= 0.3 is 0 Å². The summed E-state index contributed by atoms with van der Waals surface area (Å²) in [4.78, 5) is 2.37. The van der Waals surface area contributed by atoms with Crippen molar-refractivity contribution in [2.24, 2.45) is 11.1 Å². The van der Waals surface area contributed by atoms with Gasteiger partial charge in [0.1, 0.15) is 11.5 Å². The highest BCUT2D eigenvalue weighted by Crippen LogP contribution is 2.44. The van der Waals surface area contributed by atoms with Gasteiger partial charge in [-0.3, -0.25) is 0 Å². The summed E-state index contributed by atoms with van der Waals surface area (Å²) in [6, 6.07) is 4.09. The van der Waals surface area contributed by atoms with Crippen molar-refractivity contribution in [3.8, 4) is 0 Å². The number of hydrogen-bond acceptors (Lipinski definition) is 3. The Kier molecular flexibility index (Phi) is 3.36. The first-order chi connectivity index (χ1) is 7.63. The average molecular weight is 222 g/mol. The van der Waals surface area contributed by atoms with Gasteiger partial charge in [0.05, 0.1) is 0 Å². The monoisotopic (exact) mass is 222 g/mol. The molecule has 0 radical (unpaired) electrons. The van der Waals surface area contributed by atoms with Crippen LogP contribution < -0.4 is 5.73 Å². The molecule has 1 aliphatic rings. The van der Waals surface area contributed by atoms with Crippen LogP contribution in [0.5, 0.6) is 0 Å². The molecule has 0 amide bonds. The van der Waals surface area contributed by atoms with Gasteiger partial charge in [-0.15, -0.1) is 0 Å². The minimum Gasteiger partial charge on any atom is -0.466 e. The fourth-order valence-corrected chi connectivity index (χ4v) is 2.18. The van der Waals surface area contributed by atoms with Crippen molar-refractivity contribution >= 4 is 0 Å². The SMILES string of the molecule is Cc1ccc(CCN(C)CC2(CN)CC2)o1. The second-order valence-corrected chi connectivity index (χ2v) is 5.20. The molecule has 1 aromatic heterocycles. The van der Waals surface area contributed by atoms with Gasteiger partial charge in [-0.2, -0.15) is 0 Å². The molecule has 2 N–H and O–H groups in total. The van der Waals surface area contributed by atoms with E-state index in [4.69, 9.17) is 10.2 Å². The van der Waals surface area contributed by atoms with Crippen molar-refractivity contribution in [2.45, 2.75) is 26.2 Å². The molecule has 3 nitrogen and oxygen atoms in total. The number of furan rings is 1. The summed E-state index contributed by atoms with van der Waals surface area (Å²) in [5, 5.41) is 0. The van der Waals surface area contributed by atoms with Gasteiger partial charge in [0.15, 0.2) is 0 Å². The van der Waals surface area contributed by atoms with Gasteiger partial charge in [0.2, 0.25) is 0 Å². The summed E-state index contributed by atoms with van der Waals surface area (Å²) in [5.74, 6) is 2.08. The quantitative estimate of drug-likeness (QED) is 0.798. The third-order valence-electron chi connectivity index (χ3n) is 3.53. The van der Waals surface area contributed by atoms with Crippen LogP contribution in [0.1, 0.15) is 24.4 Å². The minimum absolute atomic E-state index is 0.438. The number of rotatable bonds is 6. The predicted molar refractivity (Wildman–Crippen MR) is 65.4 cm³/mol. The summed E-state index contributed by atoms with van der Waals surface area (Å²) < 4.78 is 5.55. The van der Waals surface area contributed by atoms with Gasteiger partial charge in [0.25, 0.3) is 0 Å². The van der Waals surface area contributed by atoms with Crippen LogP contribution >= 0.6 is 0 Å². The molecule has 16 heavy (non-hydrogen) atoms. The molecule has 1 fully saturated rings. The Morgan fingerprint density at radius 3 is 2.69 bits per heavy atom. The molecule has 90 valence electrons. The Morgan fingerprint density at radius 2 is 2.19 bits per heavy atom. The number of likely N-dealkylation sites (N-methyl/N-ethyl adjacent to an activating group) is 1. The standard InChI is InChI=1S/C13H22N2O/c1-11-3-4-12(16-11)5-8-15(2)10-13(9-14)6-7-13/h3-4H,5-10,14H2,1-2H3. The first-order valence-corrected chi connectivity index (χ1v) is 6.07. The molecular formula is C13H22N2O. The van der Waals surface area contributed by atoms with E-state index in [1.165, 1.54) is 12.8 Å². The summed E-state index contributed by atoms with van der Waals surface area (Å²) in [7, 11) is 2.17. The summed E-state index contributed by atoms with van der Waals surface area (Å²) in [6.45, 7) is 5.00. The first-order valence-electron chi connectivity index (χ1n) is 6.07. The lowest BCUT2D eigenvalue weighted by atomic mass is 10.1. The Morgan fingerprint density at radius 1 is 1.44 bits per heavy atom. The summed E-state index contributed by atoms with van der Waals surface area (Å²) >= 11 is 0. The fourth-order valence-electron chi connectivity index (χ4n) is 2.18. The highest BCUT2D eigenvalue weighted by molar-refractivity contribution is 5.06. The number of hydrogen-bond donors (Lipinski definition) is 1. The Balaban J connectivity index is 1.73. The molecular weight excluding hydrogens is 200 g/mol. The van der Waals surface area contributed by atoms with E-state index in [0.717, 1.165) is 37.6 Å². The lowest BCUT2D eigenvalue weighted by Crippen LogP contribution is -2.32. The van der Waals surface area contributed by atoms with Crippen LogP contribution in [0.4, 0.5) is 0 Å². The summed E-state index contributed by atoms with van der Waals surface area (Å²) in [5.41, 5.74) is 6.22. The van der Waals surface area contributed by atoms with Crippen LogP contribution in [0, 0.1) is 12.3 Å². The first kappa shape index (κ1) is 11.7. The molecule has 0 spiro atoms. The van der Waals surface area contributed by atoms with Gasteiger partial charge < -0.3 is 15.1 Å². The molecule has 0 saturated heterocycles. The van der Waals surface area contributed by atoms with E-state index in [2.05, 4.69) is 18.0 Å². The maximum atomic E-state index is 5.78. The molecule has 0 aromatic carbocycles. The number of nitrogens with two attached hydrogens (primary N) is 1. The van der Waals surface area contributed by atoms with Crippen LogP contribution in [-0.4, -0.2) is 31.6 Å². The molecule has 1 aliphatic carbocycles. The maximum absolute atomic E-state index is 5.78. The van der Waals surface area contributed by atoms with E-state index in [-0.39, 0.29) is 0 Å². The zero-order valence-corrected chi connectivity index (χ0v) is 10.3. The third kappa shape index (κ3) is 2.86. The lowest BCUT2D eigenvalue weighted by molar-refractivity contribution is 0.263. The van der Waals surface area contributed by atoms with E-state index < -0.39 is 0 Å². The molecule has 1 saturated carbocycles. The second kappa shape index (κ2) is 4.60. The number of aryl methyl sites for hydroxylation is 1. The second-order valence-electron chi connectivity index (χ2n) is 5.20. The van der Waals surface area contributed by atoms with Crippen molar-refractivity contribution < 1.29 is 4.42 Å². The maximum Gasteiger partial charge on any atom is 0.105 e. The zero-order chi connectivity index (χ0) is 11.6. The van der Waals surface area contributed by atoms with Crippen molar-refractivity contribution in [2.75, 3.05) is 26.7 Å². The Bertz CT molecular complexity index is 341. The highest BCUT2D eigenvalue weighted by atomic mass is 16.3. The average Bonchev–Trinajstić information content (AvgIpc) is 2.91. The molecule has 1 aromatic rings. The van der Waals surface area contributed by atoms with Gasteiger partial charge in [-0.25, -0.2) is 0 Å². The largest absolute Gasteiger partial charge is 0.466 e. The molecule has 0 bridgehead atoms. The van der Waals surface area contributed by atoms with E-state index in [9.17, 15) is 0 Å². The molecule has 0 aliphatic heterocycles. The van der Waals surface area contributed by atoms with Gasteiger partial charge in [0, 0.05) is 19.5 Å². The summed E-state index contributed by atoms with van der Waals surface area (Å²) in [6.07, 6.45) is 3.59.